The van der Waals surface area contributed by atoms with Crippen molar-refractivity contribution in [3.8, 4) is 0 Å². The summed E-state index contributed by atoms with van der Waals surface area (Å²) in [7, 11) is 0. The Balaban J connectivity index is 2.06. The van der Waals surface area contributed by atoms with Crippen LogP contribution in [-0.4, -0.2) is 45.7 Å². The average Bonchev–Trinajstić information content (AvgIpc) is 3.15. The van der Waals surface area contributed by atoms with Crippen molar-refractivity contribution in [1.29, 1.82) is 0 Å². The van der Waals surface area contributed by atoms with Gasteiger partial charge in [0.1, 0.15) is 6.04 Å². The third-order valence-electron chi connectivity index (χ3n) is 5.65. The first-order valence-electron chi connectivity index (χ1n) is 11.8. The number of aliphatic carboxylic acids is 1. The molecule has 2 N–H and O–H groups in total. The van der Waals surface area contributed by atoms with Crippen molar-refractivity contribution in [3.63, 3.8) is 0 Å². The summed E-state index contributed by atoms with van der Waals surface area (Å²) in [5.41, 5.74) is 0. The molecule has 31 heavy (non-hydrogen) atoms. The van der Waals surface area contributed by atoms with Crippen LogP contribution >= 0.6 is 0 Å². The molecule has 5 nitrogen and oxygen atoms in total. The molecule has 174 valence electrons. The normalized spacial score (nSPS) is 20.7. The van der Waals surface area contributed by atoms with Crippen molar-refractivity contribution in [3.05, 3.63) is 48.6 Å². The van der Waals surface area contributed by atoms with Gasteiger partial charge in [0, 0.05) is 19.4 Å². The minimum atomic E-state index is -1.04. The van der Waals surface area contributed by atoms with Gasteiger partial charge < -0.3 is 15.1 Å². The fraction of sp³-hybridized carbons (Fsp3) is 0.615. The van der Waals surface area contributed by atoms with Crippen LogP contribution in [0.5, 0.6) is 0 Å². The van der Waals surface area contributed by atoms with E-state index >= 15 is 0 Å². The zero-order valence-electron chi connectivity index (χ0n) is 19.3. The number of allylic oxidation sites excluding steroid dienone is 8. The van der Waals surface area contributed by atoms with E-state index in [0.717, 1.165) is 31.6 Å². The molecule has 0 spiro atoms. The molecular weight excluding hydrogens is 390 g/mol. The predicted molar refractivity (Wildman–Crippen MR) is 127 cm³/mol. The highest BCUT2D eigenvalue weighted by Crippen LogP contribution is 2.20. The Kier molecular flexibility index (Phi) is 14.3. The van der Waals surface area contributed by atoms with Crippen LogP contribution in [0.3, 0.4) is 0 Å². The fourth-order valence-corrected chi connectivity index (χ4v) is 3.47. The molecule has 5 heteroatoms. The number of β-amino-alcohol motifs (C(OH)–C–C–N with tert-alkyl or cyclic N) is 1. The summed E-state index contributed by atoms with van der Waals surface area (Å²) in [5, 5.41) is 18.8. The number of aliphatic hydroxyl groups excluding tert-OH is 1. The lowest BCUT2D eigenvalue weighted by Gasteiger charge is -2.20. The van der Waals surface area contributed by atoms with Crippen LogP contribution in [0.4, 0.5) is 0 Å². The SMILES string of the molecule is CCC(C)CCC=CCC=CCC=CCC=CCCCC(=O)N1CC(O)CC1C(=O)O. The molecule has 0 saturated carbocycles. The van der Waals surface area contributed by atoms with Crippen molar-refractivity contribution < 1.29 is 19.8 Å². The largest absolute Gasteiger partial charge is 0.480 e. The number of amides is 1. The molecular formula is C26H41NO4. The summed E-state index contributed by atoms with van der Waals surface area (Å²) in [6.07, 6.45) is 25.0. The molecule has 0 aromatic rings. The van der Waals surface area contributed by atoms with Crippen LogP contribution in [0.15, 0.2) is 48.6 Å². The van der Waals surface area contributed by atoms with Crippen LogP contribution in [0.2, 0.25) is 0 Å². The molecule has 1 saturated heterocycles. The lowest BCUT2D eigenvalue weighted by Crippen LogP contribution is -2.40. The molecule has 1 amide bonds. The number of aliphatic hydroxyl groups is 1. The Morgan fingerprint density at radius 2 is 1.52 bits per heavy atom. The van der Waals surface area contributed by atoms with Crippen molar-refractivity contribution in [2.24, 2.45) is 5.92 Å². The van der Waals surface area contributed by atoms with Crippen molar-refractivity contribution in [2.45, 2.75) is 90.2 Å². The number of unbranched alkanes of at least 4 members (excludes halogenated alkanes) is 1. The molecule has 0 aromatic heterocycles. The van der Waals surface area contributed by atoms with Gasteiger partial charge in [-0.05, 0) is 50.9 Å². The van der Waals surface area contributed by atoms with Gasteiger partial charge in [-0.15, -0.1) is 0 Å². The number of nitrogens with zero attached hydrogens (tertiary/aromatic N) is 1. The smallest absolute Gasteiger partial charge is 0.326 e. The maximum atomic E-state index is 12.2. The second-order valence-electron chi connectivity index (χ2n) is 8.37. The molecule has 0 aromatic carbocycles. The second kappa shape index (κ2) is 16.5. The zero-order chi connectivity index (χ0) is 22.9. The van der Waals surface area contributed by atoms with Gasteiger partial charge in [-0.2, -0.15) is 0 Å². The van der Waals surface area contributed by atoms with E-state index in [1.165, 1.54) is 24.2 Å². The van der Waals surface area contributed by atoms with Gasteiger partial charge in [0.2, 0.25) is 5.91 Å². The third kappa shape index (κ3) is 12.3. The van der Waals surface area contributed by atoms with E-state index in [1.54, 1.807) is 0 Å². The Morgan fingerprint density at radius 1 is 0.968 bits per heavy atom. The van der Waals surface area contributed by atoms with Crippen LogP contribution in [-0.2, 0) is 9.59 Å². The maximum Gasteiger partial charge on any atom is 0.326 e. The van der Waals surface area contributed by atoms with E-state index in [2.05, 4.69) is 62.5 Å². The second-order valence-corrected chi connectivity index (χ2v) is 8.37. The Hall–Kier alpha value is -2.14. The Morgan fingerprint density at radius 3 is 2.06 bits per heavy atom. The topological polar surface area (TPSA) is 77.8 Å². The molecule has 1 fully saturated rings. The quantitative estimate of drug-likeness (QED) is 0.268. The molecule has 0 aliphatic carbocycles. The Labute approximate surface area is 188 Å². The van der Waals surface area contributed by atoms with E-state index in [-0.39, 0.29) is 18.9 Å². The molecule has 3 unspecified atom stereocenters. The number of carbonyl (C=O) groups is 2. The van der Waals surface area contributed by atoms with Gasteiger partial charge in [0.15, 0.2) is 0 Å². The number of carbonyl (C=O) groups excluding carboxylic acids is 1. The van der Waals surface area contributed by atoms with Crippen LogP contribution in [0.25, 0.3) is 0 Å². The third-order valence-corrected chi connectivity index (χ3v) is 5.65. The van der Waals surface area contributed by atoms with Gasteiger partial charge in [0.25, 0.3) is 0 Å². The highest BCUT2D eigenvalue weighted by molar-refractivity contribution is 5.84. The van der Waals surface area contributed by atoms with E-state index < -0.39 is 18.1 Å². The molecule has 3 atom stereocenters. The number of rotatable bonds is 15. The minimum Gasteiger partial charge on any atom is -0.480 e. The van der Waals surface area contributed by atoms with Gasteiger partial charge in [-0.3, -0.25) is 4.79 Å². The molecule has 1 aliphatic heterocycles. The standard InChI is InChI=1S/C26H41NO4/c1-3-22(2)18-16-14-12-10-8-6-4-5-7-9-11-13-15-17-19-25(29)27-21-23(28)20-24(27)26(30)31/h5-8,11-14,22-24,28H,3-4,9-10,15-21H2,1-2H3,(H,30,31). The first-order chi connectivity index (χ1) is 15.0. The summed E-state index contributed by atoms with van der Waals surface area (Å²) >= 11 is 0. The molecule has 1 heterocycles. The van der Waals surface area contributed by atoms with E-state index in [4.69, 9.17) is 5.11 Å². The lowest BCUT2D eigenvalue weighted by atomic mass is 10.0. The van der Waals surface area contributed by atoms with Gasteiger partial charge in [-0.1, -0.05) is 68.9 Å². The van der Waals surface area contributed by atoms with E-state index in [1.807, 2.05) is 0 Å². The van der Waals surface area contributed by atoms with Crippen molar-refractivity contribution >= 4 is 11.9 Å². The van der Waals surface area contributed by atoms with E-state index in [0.29, 0.717) is 12.8 Å². The lowest BCUT2D eigenvalue weighted by molar-refractivity contribution is -0.148. The first-order valence-corrected chi connectivity index (χ1v) is 11.8. The van der Waals surface area contributed by atoms with E-state index in [9.17, 15) is 14.7 Å². The minimum absolute atomic E-state index is 0.123. The summed E-state index contributed by atoms with van der Waals surface area (Å²) < 4.78 is 0. The zero-order valence-corrected chi connectivity index (χ0v) is 19.3. The summed E-state index contributed by atoms with van der Waals surface area (Å²) in [5.74, 6) is -0.410. The summed E-state index contributed by atoms with van der Waals surface area (Å²) in [6, 6.07) is -0.886. The molecule has 1 rings (SSSR count). The summed E-state index contributed by atoms with van der Waals surface area (Å²) in [4.78, 5) is 24.7. The number of likely N-dealkylation sites (tertiary alicyclic amines) is 1. The predicted octanol–water partition coefficient (Wildman–Crippen LogP) is 5.42. The number of hydrogen-bond acceptors (Lipinski definition) is 3. The summed E-state index contributed by atoms with van der Waals surface area (Å²) in [6.45, 7) is 4.67. The number of carboxylic acids is 1. The van der Waals surface area contributed by atoms with Crippen LogP contribution in [0.1, 0.15) is 78.1 Å². The van der Waals surface area contributed by atoms with Gasteiger partial charge >= 0.3 is 5.97 Å². The van der Waals surface area contributed by atoms with Crippen LogP contribution in [0, 0.1) is 5.92 Å². The average molecular weight is 432 g/mol. The molecule has 0 bridgehead atoms. The number of hydrogen-bond donors (Lipinski definition) is 2. The Bertz CT molecular complexity index is 635. The van der Waals surface area contributed by atoms with Crippen LogP contribution < -0.4 is 0 Å². The first kappa shape index (κ1) is 26.9. The molecule has 0 radical (unpaired) electrons. The number of carboxylic acid groups (broad SMARTS) is 1. The van der Waals surface area contributed by atoms with Gasteiger partial charge in [0.05, 0.1) is 6.10 Å². The maximum absolute atomic E-state index is 12.2. The highest BCUT2D eigenvalue weighted by Gasteiger charge is 2.38. The highest BCUT2D eigenvalue weighted by atomic mass is 16.4. The van der Waals surface area contributed by atoms with Crippen molar-refractivity contribution in [1.82, 2.24) is 4.90 Å². The van der Waals surface area contributed by atoms with Gasteiger partial charge in [-0.25, -0.2) is 4.79 Å². The fourth-order valence-electron chi connectivity index (χ4n) is 3.47. The molecule has 1 aliphatic rings. The monoisotopic (exact) mass is 431 g/mol. The van der Waals surface area contributed by atoms with Crippen molar-refractivity contribution in [2.75, 3.05) is 6.54 Å².